The molecule has 100 valence electrons. The molecule has 0 unspecified atom stereocenters. The Balaban J connectivity index is 1.90. The maximum atomic E-state index is 11.7. The molecular formula is C13H15N3O3. The molecular weight excluding hydrogens is 246 g/mol. The molecule has 0 saturated heterocycles. The van der Waals surface area contributed by atoms with E-state index in [-0.39, 0.29) is 17.2 Å². The summed E-state index contributed by atoms with van der Waals surface area (Å²) < 4.78 is 5.23. The molecule has 1 heterocycles. The number of amides is 1. The number of benzene rings is 1. The number of methoxy groups -OCH3 is 1. The Kier molecular flexibility index (Phi) is 4.02. The molecule has 3 N–H and O–H groups in total. The van der Waals surface area contributed by atoms with E-state index in [1.807, 2.05) is 24.3 Å². The van der Waals surface area contributed by atoms with E-state index in [4.69, 9.17) is 4.74 Å². The summed E-state index contributed by atoms with van der Waals surface area (Å²) in [5.41, 5.74) is 0.924. The van der Waals surface area contributed by atoms with Crippen molar-refractivity contribution in [2.45, 2.75) is 6.42 Å². The SMILES string of the molecule is COc1ccccc1CCNC(=O)c1cc(=O)[nH][nH]1. The minimum atomic E-state index is -0.324. The standard InChI is InChI=1S/C13H15N3O3/c1-19-11-5-3-2-4-9(11)6-7-14-13(18)10-8-12(17)16-15-10/h2-5,8H,6-7H2,1H3,(H,14,18)(H2,15,16,17). The first-order valence-electron chi connectivity index (χ1n) is 5.88. The average Bonchev–Trinajstić information content (AvgIpc) is 2.86. The summed E-state index contributed by atoms with van der Waals surface area (Å²) in [6.07, 6.45) is 0.657. The normalized spacial score (nSPS) is 10.2. The minimum absolute atomic E-state index is 0.227. The summed E-state index contributed by atoms with van der Waals surface area (Å²) in [5.74, 6) is 0.486. The third-order valence-electron chi connectivity index (χ3n) is 2.71. The predicted octanol–water partition coefficient (Wildman–Crippen LogP) is 0.684. The summed E-state index contributed by atoms with van der Waals surface area (Å²) in [5, 5.41) is 7.54. The zero-order chi connectivity index (χ0) is 13.7. The molecule has 0 saturated carbocycles. The van der Waals surface area contributed by atoms with Crippen LogP contribution >= 0.6 is 0 Å². The number of hydrogen-bond acceptors (Lipinski definition) is 3. The molecule has 6 heteroatoms. The second kappa shape index (κ2) is 5.90. The van der Waals surface area contributed by atoms with Crippen LogP contribution in [-0.4, -0.2) is 29.8 Å². The first kappa shape index (κ1) is 12.9. The van der Waals surface area contributed by atoms with Crippen LogP contribution in [0.4, 0.5) is 0 Å². The van der Waals surface area contributed by atoms with Crippen LogP contribution in [-0.2, 0) is 6.42 Å². The molecule has 0 aliphatic heterocycles. The fraction of sp³-hybridized carbons (Fsp3) is 0.231. The zero-order valence-electron chi connectivity index (χ0n) is 10.5. The molecule has 0 spiro atoms. The van der Waals surface area contributed by atoms with Crippen molar-refractivity contribution in [1.82, 2.24) is 15.5 Å². The van der Waals surface area contributed by atoms with Crippen molar-refractivity contribution in [2.24, 2.45) is 0 Å². The molecule has 19 heavy (non-hydrogen) atoms. The number of H-pyrrole nitrogens is 2. The van der Waals surface area contributed by atoms with Gasteiger partial charge in [0.1, 0.15) is 11.4 Å². The zero-order valence-corrected chi connectivity index (χ0v) is 10.5. The number of carbonyl (C=O) groups excluding carboxylic acids is 1. The van der Waals surface area contributed by atoms with E-state index in [1.54, 1.807) is 7.11 Å². The van der Waals surface area contributed by atoms with Crippen molar-refractivity contribution in [2.75, 3.05) is 13.7 Å². The van der Waals surface area contributed by atoms with Crippen LogP contribution in [0.3, 0.4) is 0 Å². The molecule has 2 aromatic rings. The summed E-state index contributed by atoms with van der Waals surface area (Å²) in [6, 6.07) is 8.86. The van der Waals surface area contributed by atoms with Gasteiger partial charge < -0.3 is 10.1 Å². The molecule has 0 bridgehead atoms. The highest BCUT2D eigenvalue weighted by molar-refractivity contribution is 5.92. The molecule has 0 fully saturated rings. The molecule has 0 atom stereocenters. The van der Waals surface area contributed by atoms with Crippen molar-refractivity contribution in [3.63, 3.8) is 0 Å². The highest BCUT2D eigenvalue weighted by Crippen LogP contribution is 2.17. The number of aromatic nitrogens is 2. The first-order chi connectivity index (χ1) is 9.20. The van der Waals surface area contributed by atoms with Gasteiger partial charge in [-0.2, -0.15) is 0 Å². The fourth-order valence-electron chi connectivity index (χ4n) is 1.77. The van der Waals surface area contributed by atoms with Crippen LogP contribution in [0.2, 0.25) is 0 Å². The van der Waals surface area contributed by atoms with E-state index in [2.05, 4.69) is 15.5 Å². The van der Waals surface area contributed by atoms with Crippen molar-refractivity contribution >= 4 is 5.91 Å². The quantitative estimate of drug-likeness (QED) is 0.739. The van der Waals surface area contributed by atoms with Gasteiger partial charge in [0.05, 0.1) is 7.11 Å². The van der Waals surface area contributed by atoms with Gasteiger partial charge in [-0.1, -0.05) is 18.2 Å². The number of hydrogen-bond donors (Lipinski definition) is 3. The van der Waals surface area contributed by atoms with Crippen LogP contribution < -0.4 is 15.6 Å². The number of nitrogens with one attached hydrogen (secondary N) is 3. The van der Waals surface area contributed by atoms with Gasteiger partial charge in [0, 0.05) is 12.6 Å². The number of carbonyl (C=O) groups is 1. The lowest BCUT2D eigenvalue weighted by Crippen LogP contribution is -2.26. The smallest absolute Gasteiger partial charge is 0.269 e. The monoisotopic (exact) mass is 261 g/mol. The molecule has 6 nitrogen and oxygen atoms in total. The van der Waals surface area contributed by atoms with Crippen LogP contribution in [0.25, 0.3) is 0 Å². The lowest BCUT2D eigenvalue weighted by Gasteiger charge is -2.08. The Bertz CT molecular complexity index is 615. The Morgan fingerprint density at radius 3 is 2.79 bits per heavy atom. The van der Waals surface area contributed by atoms with Crippen LogP contribution in [0.5, 0.6) is 5.75 Å². The fourth-order valence-corrected chi connectivity index (χ4v) is 1.77. The lowest BCUT2D eigenvalue weighted by molar-refractivity contribution is 0.0949. The van der Waals surface area contributed by atoms with E-state index in [0.29, 0.717) is 13.0 Å². The van der Waals surface area contributed by atoms with Crippen molar-refractivity contribution in [1.29, 1.82) is 0 Å². The van der Waals surface area contributed by atoms with Crippen LogP contribution in [0, 0.1) is 0 Å². The summed E-state index contributed by atoms with van der Waals surface area (Å²) in [7, 11) is 1.61. The largest absolute Gasteiger partial charge is 0.496 e. The maximum absolute atomic E-state index is 11.7. The molecule has 1 aromatic carbocycles. The Labute approximate surface area is 109 Å². The van der Waals surface area contributed by atoms with Crippen molar-refractivity contribution in [3.8, 4) is 5.75 Å². The van der Waals surface area contributed by atoms with Gasteiger partial charge in [-0.3, -0.25) is 19.8 Å². The van der Waals surface area contributed by atoms with Gasteiger partial charge in [-0.25, -0.2) is 0 Å². The van der Waals surface area contributed by atoms with Gasteiger partial charge in [-0.05, 0) is 18.1 Å². The highest BCUT2D eigenvalue weighted by atomic mass is 16.5. The van der Waals surface area contributed by atoms with Gasteiger partial charge in [0.25, 0.3) is 11.5 Å². The topological polar surface area (TPSA) is 87.0 Å². The Hall–Kier alpha value is -2.50. The van der Waals surface area contributed by atoms with Crippen LogP contribution in [0.15, 0.2) is 35.1 Å². The summed E-state index contributed by atoms with van der Waals surface area (Å²) in [4.78, 5) is 22.6. The number of rotatable bonds is 5. The maximum Gasteiger partial charge on any atom is 0.269 e. The molecule has 1 amide bonds. The molecule has 0 radical (unpaired) electrons. The van der Waals surface area contributed by atoms with Crippen molar-refractivity contribution < 1.29 is 9.53 Å². The van der Waals surface area contributed by atoms with Gasteiger partial charge in [0.2, 0.25) is 0 Å². The minimum Gasteiger partial charge on any atom is -0.496 e. The van der Waals surface area contributed by atoms with Gasteiger partial charge in [0.15, 0.2) is 0 Å². The summed E-state index contributed by atoms with van der Waals surface area (Å²) >= 11 is 0. The summed E-state index contributed by atoms with van der Waals surface area (Å²) in [6.45, 7) is 0.465. The average molecular weight is 261 g/mol. The van der Waals surface area contributed by atoms with E-state index in [1.165, 1.54) is 6.07 Å². The van der Waals surface area contributed by atoms with E-state index in [9.17, 15) is 9.59 Å². The number of para-hydroxylation sites is 1. The third kappa shape index (κ3) is 3.25. The van der Waals surface area contributed by atoms with Crippen molar-refractivity contribution in [3.05, 3.63) is 51.9 Å². The van der Waals surface area contributed by atoms with E-state index in [0.717, 1.165) is 11.3 Å². The van der Waals surface area contributed by atoms with Gasteiger partial charge >= 0.3 is 0 Å². The molecule has 1 aromatic heterocycles. The van der Waals surface area contributed by atoms with E-state index < -0.39 is 0 Å². The lowest BCUT2D eigenvalue weighted by atomic mass is 10.1. The number of ether oxygens (including phenoxy) is 1. The van der Waals surface area contributed by atoms with E-state index >= 15 is 0 Å². The second-order valence-electron chi connectivity index (χ2n) is 3.99. The first-order valence-corrected chi connectivity index (χ1v) is 5.88. The Morgan fingerprint density at radius 1 is 1.32 bits per heavy atom. The Morgan fingerprint density at radius 2 is 2.11 bits per heavy atom. The molecule has 0 aliphatic rings. The predicted molar refractivity (Wildman–Crippen MR) is 70.4 cm³/mol. The third-order valence-corrected chi connectivity index (χ3v) is 2.71. The molecule has 0 aliphatic carbocycles. The number of aromatic amines is 2. The van der Waals surface area contributed by atoms with Crippen LogP contribution in [0.1, 0.15) is 16.1 Å². The van der Waals surface area contributed by atoms with Gasteiger partial charge in [-0.15, -0.1) is 0 Å². The second-order valence-corrected chi connectivity index (χ2v) is 3.99. The highest BCUT2D eigenvalue weighted by Gasteiger charge is 2.08. The molecule has 2 rings (SSSR count).